The summed E-state index contributed by atoms with van der Waals surface area (Å²) in [6.07, 6.45) is 6.94. The van der Waals surface area contributed by atoms with Gasteiger partial charge in [-0.15, -0.1) is 0 Å². The number of nitrogens with zero attached hydrogens (tertiary/aromatic N) is 2. The van der Waals surface area contributed by atoms with E-state index in [0.717, 1.165) is 37.2 Å². The van der Waals surface area contributed by atoms with Gasteiger partial charge in [-0.1, -0.05) is 24.9 Å². The fourth-order valence-electron chi connectivity index (χ4n) is 2.08. The van der Waals surface area contributed by atoms with Gasteiger partial charge in [-0.05, 0) is 25.0 Å². The minimum Gasteiger partial charge on any atom is -0.381 e. The van der Waals surface area contributed by atoms with Crippen molar-refractivity contribution < 1.29 is 9.53 Å². The Hall–Kier alpha value is -1.59. The van der Waals surface area contributed by atoms with Crippen molar-refractivity contribution in [2.75, 3.05) is 19.8 Å². The van der Waals surface area contributed by atoms with Crippen LogP contribution in [0.4, 0.5) is 0 Å². The van der Waals surface area contributed by atoms with Gasteiger partial charge in [-0.2, -0.15) is 0 Å². The lowest BCUT2D eigenvalue weighted by Gasteiger charge is -2.05. The largest absolute Gasteiger partial charge is 0.381 e. The molecule has 0 aliphatic carbocycles. The van der Waals surface area contributed by atoms with Crippen LogP contribution in [-0.4, -0.2) is 35.1 Å². The Kier molecular flexibility index (Phi) is 6.68. The molecule has 0 fully saturated rings. The minimum absolute atomic E-state index is 0.0249. The Morgan fingerprint density at radius 2 is 2.14 bits per heavy atom. The van der Waals surface area contributed by atoms with Gasteiger partial charge in [-0.3, -0.25) is 4.79 Å². The summed E-state index contributed by atoms with van der Waals surface area (Å²) in [5.41, 5.74) is 1.52. The minimum atomic E-state index is -0.0249. The molecule has 2 aromatic heterocycles. The molecule has 2 heterocycles. The number of hydrogen-bond donors (Lipinski definition) is 1. The highest BCUT2D eigenvalue weighted by atomic mass is 35.5. The van der Waals surface area contributed by atoms with Crippen molar-refractivity contribution in [3.8, 4) is 0 Å². The summed E-state index contributed by atoms with van der Waals surface area (Å²) < 4.78 is 7.27. The number of carbonyl (C=O) groups is 1. The Morgan fingerprint density at radius 1 is 1.32 bits per heavy atom. The highest BCUT2D eigenvalue weighted by molar-refractivity contribution is 6.30. The van der Waals surface area contributed by atoms with Crippen molar-refractivity contribution in [2.24, 2.45) is 0 Å². The van der Waals surface area contributed by atoms with E-state index in [0.29, 0.717) is 18.2 Å². The molecule has 5 nitrogen and oxygen atoms in total. The monoisotopic (exact) mass is 323 g/mol. The van der Waals surface area contributed by atoms with Crippen molar-refractivity contribution in [1.29, 1.82) is 0 Å². The molecule has 0 radical (unpaired) electrons. The molecule has 0 aromatic carbocycles. The lowest BCUT2D eigenvalue weighted by molar-refractivity contribution is -0.120. The van der Waals surface area contributed by atoms with E-state index >= 15 is 0 Å². The molecule has 0 saturated heterocycles. The third kappa shape index (κ3) is 5.31. The average molecular weight is 324 g/mol. The second-order valence-electron chi connectivity index (χ2n) is 5.19. The second-order valence-corrected chi connectivity index (χ2v) is 5.63. The molecule has 0 spiro atoms. The summed E-state index contributed by atoms with van der Waals surface area (Å²) >= 11 is 5.92. The van der Waals surface area contributed by atoms with Crippen LogP contribution in [0.15, 0.2) is 24.5 Å². The van der Waals surface area contributed by atoms with Gasteiger partial charge in [0.2, 0.25) is 5.91 Å². The number of imidazole rings is 1. The van der Waals surface area contributed by atoms with Crippen LogP contribution >= 0.6 is 11.6 Å². The van der Waals surface area contributed by atoms with E-state index < -0.39 is 0 Å². The molecular weight excluding hydrogens is 302 g/mol. The van der Waals surface area contributed by atoms with Gasteiger partial charge in [0.25, 0.3) is 0 Å². The maximum Gasteiger partial charge on any atom is 0.226 e. The first kappa shape index (κ1) is 16.8. The average Bonchev–Trinajstić information content (AvgIpc) is 2.87. The molecule has 120 valence electrons. The molecule has 1 amide bonds. The number of unbranched alkanes of at least 4 members (excludes halogenated alkanes) is 1. The van der Waals surface area contributed by atoms with Crippen molar-refractivity contribution >= 4 is 23.2 Å². The molecule has 0 unspecified atom stereocenters. The van der Waals surface area contributed by atoms with E-state index in [-0.39, 0.29) is 12.3 Å². The molecule has 0 atom stereocenters. The van der Waals surface area contributed by atoms with Crippen LogP contribution < -0.4 is 5.32 Å². The molecule has 0 aliphatic rings. The van der Waals surface area contributed by atoms with Crippen molar-refractivity contribution in [1.82, 2.24) is 14.7 Å². The van der Waals surface area contributed by atoms with Crippen LogP contribution in [0, 0.1) is 0 Å². The highest BCUT2D eigenvalue weighted by Gasteiger charge is 2.07. The zero-order chi connectivity index (χ0) is 15.8. The van der Waals surface area contributed by atoms with Gasteiger partial charge in [-0.25, -0.2) is 4.98 Å². The normalized spacial score (nSPS) is 11.0. The van der Waals surface area contributed by atoms with Crippen LogP contribution in [0.25, 0.3) is 5.65 Å². The van der Waals surface area contributed by atoms with Crippen LogP contribution in [0.2, 0.25) is 5.02 Å². The third-order valence-electron chi connectivity index (χ3n) is 3.24. The van der Waals surface area contributed by atoms with Crippen molar-refractivity contribution in [3.05, 3.63) is 35.2 Å². The van der Waals surface area contributed by atoms with E-state index in [2.05, 4.69) is 17.2 Å². The first-order valence-corrected chi connectivity index (χ1v) is 8.04. The summed E-state index contributed by atoms with van der Waals surface area (Å²) in [5.74, 6) is -0.0249. The smallest absolute Gasteiger partial charge is 0.226 e. The van der Waals surface area contributed by atoms with Gasteiger partial charge < -0.3 is 14.5 Å². The number of amides is 1. The van der Waals surface area contributed by atoms with Gasteiger partial charge >= 0.3 is 0 Å². The maximum atomic E-state index is 11.9. The number of hydrogen-bond acceptors (Lipinski definition) is 3. The van der Waals surface area contributed by atoms with Crippen molar-refractivity contribution in [3.63, 3.8) is 0 Å². The molecule has 0 bridgehead atoms. The quantitative estimate of drug-likeness (QED) is 0.722. The number of rotatable bonds is 9. The van der Waals surface area contributed by atoms with Crippen molar-refractivity contribution in [2.45, 2.75) is 32.6 Å². The SMILES string of the molecule is CCCCOCCCNC(=O)Cc1cn2cc(Cl)ccc2n1. The van der Waals surface area contributed by atoms with Crippen LogP contribution in [0.5, 0.6) is 0 Å². The van der Waals surface area contributed by atoms with Crippen LogP contribution in [0.3, 0.4) is 0 Å². The molecule has 0 aliphatic heterocycles. The van der Waals surface area contributed by atoms with E-state index in [4.69, 9.17) is 16.3 Å². The Morgan fingerprint density at radius 3 is 2.95 bits per heavy atom. The Labute approximate surface area is 135 Å². The maximum absolute atomic E-state index is 11.9. The number of pyridine rings is 1. The van der Waals surface area contributed by atoms with Crippen LogP contribution in [0.1, 0.15) is 31.9 Å². The van der Waals surface area contributed by atoms with Gasteiger partial charge in [0, 0.05) is 32.2 Å². The van der Waals surface area contributed by atoms with E-state index in [1.54, 1.807) is 12.3 Å². The third-order valence-corrected chi connectivity index (χ3v) is 3.46. The van der Waals surface area contributed by atoms with E-state index in [1.165, 1.54) is 0 Å². The second kappa shape index (κ2) is 8.76. The van der Waals surface area contributed by atoms with E-state index in [1.807, 2.05) is 16.7 Å². The fraction of sp³-hybridized carbons (Fsp3) is 0.500. The predicted molar refractivity (Wildman–Crippen MR) is 87.3 cm³/mol. The van der Waals surface area contributed by atoms with Gasteiger partial charge in [0.05, 0.1) is 17.1 Å². The molecule has 22 heavy (non-hydrogen) atoms. The molecule has 0 saturated carbocycles. The number of carbonyl (C=O) groups excluding carboxylic acids is 1. The summed E-state index contributed by atoms with van der Waals surface area (Å²) in [5, 5.41) is 3.53. The lowest BCUT2D eigenvalue weighted by Crippen LogP contribution is -2.27. The Bertz CT molecular complexity index is 612. The lowest BCUT2D eigenvalue weighted by atomic mass is 10.3. The number of halogens is 1. The summed E-state index contributed by atoms with van der Waals surface area (Å²) in [7, 11) is 0. The number of fused-ring (bicyclic) bond motifs is 1. The number of aromatic nitrogens is 2. The first-order chi connectivity index (χ1) is 10.7. The zero-order valence-corrected chi connectivity index (χ0v) is 13.6. The van der Waals surface area contributed by atoms with Gasteiger partial charge in [0.1, 0.15) is 5.65 Å². The first-order valence-electron chi connectivity index (χ1n) is 7.66. The highest BCUT2D eigenvalue weighted by Crippen LogP contribution is 2.11. The number of nitrogens with one attached hydrogen (secondary N) is 1. The molecule has 2 aromatic rings. The Balaban J connectivity index is 1.70. The summed E-state index contributed by atoms with van der Waals surface area (Å²) in [4.78, 5) is 16.3. The van der Waals surface area contributed by atoms with E-state index in [9.17, 15) is 4.79 Å². The molecular formula is C16H22ClN3O2. The zero-order valence-electron chi connectivity index (χ0n) is 12.8. The predicted octanol–water partition coefficient (Wildman–Crippen LogP) is 2.85. The van der Waals surface area contributed by atoms with Gasteiger partial charge in [0.15, 0.2) is 0 Å². The topological polar surface area (TPSA) is 55.6 Å². The molecule has 1 N–H and O–H groups in total. The molecule has 6 heteroatoms. The summed E-state index contributed by atoms with van der Waals surface area (Å²) in [6.45, 7) is 4.25. The standard InChI is InChI=1S/C16H22ClN3O2/c1-2-3-8-22-9-4-7-18-16(21)10-14-12-20-11-13(17)5-6-15(20)19-14/h5-6,11-12H,2-4,7-10H2,1H3,(H,18,21). The summed E-state index contributed by atoms with van der Waals surface area (Å²) in [6, 6.07) is 3.61. The molecule has 2 rings (SSSR count). The fourth-order valence-corrected chi connectivity index (χ4v) is 2.25. The number of ether oxygens (including phenoxy) is 1. The van der Waals surface area contributed by atoms with Crippen LogP contribution in [-0.2, 0) is 16.0 Å².